The number of anilines is 1. The topological polar surface area (TPSA) is 67.4 Å². The summed E-state index contributed by atoms with van der Waals surface area (Å²) in [6, 6.07) is 16.9. The number of hydrogen-bond acceptors (Lipinski definition) is 3. The minimum absolute atomic E-state index is 0.0455. The summed E-state index contributed by atoms with van der Waals surface area (Å²) in [6.07, 6.45) is 1.92. The molecule has 0 radical (unpaired) electrons. The molecular weight excluding hydrogens is 316 g/mol. The lowest BCUT2D eigenvalue weighted by atomic mass is 10.1. The number of hydrogen-bond donors (Lipinski definition) is 2. The Kier molecular flexibility index (Phi) is 5.33. The standard InChI is InChI=1S/C20H22N2O3/c1-14(25-18-5-3-2-4-6-18)20(24)22-17-9-7-15(8-10-17)13-19(23)21-16-11-12-16/h2-10,14,16H,11-13H2,1H3,(H,21,23)(H,22,24). The van der Waals surface area contributed by atoms with Crippen LogP contribution in [0.25, 0.3) is 0 Å². The molecule has 2 aromatic carbocycles. The van der Waals surface area contributed by atoms with Crippen molar-refractivity contribution in [2.24, 2.45) is 0 Å². The molecule has 1 atom stereocenters. The molecule has 1 saturated carbocycles. The van der Waals surface area contributed by atoms with Crippen LogP contribution in [0.15, 0.2) is 54.6 Å². The van der Waals surface area contributed by atoms with Gasteiger partial charge in [0.05, 0.1) is 6.42 Å². The zero-order chi connectivity index (χ0) is 17.6. The van der Waals surface area contributed by atoms with Gasteiger partial charge in [0.25, 0.3) is 5.91 Å². The van der Waals surface area contributed by atoms with Crippen molar-refractivity contribution in [3.8, 4) is 5.75 Å². The molecule has 1 fully saturated rings. The van der Waals surface area contributed by atoms with Gasteiger partial charge in [0, 0.05) is 11.7 Å². The van der Waals surface area contributed by atoms with Gasteiger partial charge in [-0.25, -0.2) is 0 Å². The molecule has 1 aliphatic carbocycles. The number of carbonyl (C=O) groups excluding carboxylic acids is 2. The van der Waals surface area contributed by atoms with Crippen molar-refractivity contribution in [3.63, 3.8) is 0 Å². The van der Waals surface area contributed by atoms with E-state index in [1.54, 1.807) is 19.1 Å². The van der Waals surface area contributed by atoms with E-state index in [2.05, 4.69) is 10.6 Å². The minimum atomic E-state index is -0.605. The van der Waals surface area contributed by atoms with E-state index in [4.69, 9.17) is 4.74 Å². The lowest BCUT2D eigenvalue weighted by molar-refractivity contribution is -0.122. The zero-order valence-corrected chi connectivity index (χ0v) is 14.2. The molecule has 0 saturated heterocycles. The highest BCUT2D eigenvalue weighted by Gasteiger charge is 2.23. The Morgan fingerprint density at radius 3 is 2.40 bits per heavy atom. The molecule has 0 heterocycles. The molecule has 5 nitrogen and oxygen atoms in total. The lowest BCUT2D eigenvalue weighted by Gasteiger charge is -2.15. The highest BCUT2D eigenvalue weighted by Crippen LogP contribution is 2.19. The summed E-state index contributed by atoms with van der Waals surface area (Å²) in [6.45, 7) is 1.71. The van der Waals surface area contributed by atoms with Crippen LogP contribution in [0.2, 0.25) is 0 Å². The number of rotatable bonds is 7. The fourth-order valence-electron chi connectivity index (χ4n) is 2.40. The minimum Gasteiger partial charge on any atom is -0.481 e. The number of ether oxygens (including phenoxy) is 1. The van der Waals surface area contributed by atoms with Crippen LogP contribution in [0.4, 0.5) is 5.69 Å². The van der Waals surface area contributed by atoms with Crippen LogP contribution in [0.1, 0.15) is 25.3 Å². The van der Waals surface area contributed by atoms with Gasteiger partial charge in [-0.1, -0.05) is 30.3 Å². The van der Waals surface area contributed by atoms with E-state index in [1.165, 1.54) is 0 Å². The molecule has 0 bridgehead atoms. The van der Waals surface area contributed by atoms with Crippen LogP contribution in [-0.2, 0) is 16.0 Å². The van der Waals surface area contributed by atoms with Crippen molar-refractivity contribution in [3.05, 3.63) is 60.2 Å². The van der Waals surface area contributed by atoms with Crippen LogP contribution < -0.4 is 15.4 Å². The Morgan fingerprint density at radius 2 is 1.76 bits per heavy atom. The first-order valence-corrected chi connectivity index (χ1v) is 8.51. The molecule has 2 aromatic rings. The first-order chi connectivity index (χ1) is 12.1. The predicted octanol–water partition coefficient (Wildman–Crippen LogP) is 2.91. The molecule has 5 heteroatoms. The van der Waals surface area contributed by atoms with Gasteiger partial charge in [-0.05, 0) is 49.6 Å². The largest absolute Gasteiger partial charge is 0.481 e. The van der Waals surface area contributed by atoms with Crippen LogP contribution in [0.5, 0.6) is 5.75 Å². The quantitative estimate of drug-likeness (QED) is 0.816. The van der Waals surface area contributed by atoms with E-state index < -0.39 is 6.10 Å². The third-order valence-electron chi connectivity index (χ3n) is 3.95. The monoisotopic (exact) mass is 338 g/mol. The van der Waals surface area contributed by atoms with E-state index in [0.29, 0.717) is 23.9 Å². The van der Waals surface area contributed by atoms with E-state index >= 15 is 0 Å². The van der Waals surface area contributed by atoms with Gasteiger partial charge < -0.3 is 15.4 Å². The van der Waals surface area contributed by atoms with E-state index in [0.717, 1.165) is 18.4 Å². The summed E-state index contributed by atoms with van der Waals surface area (Å²) in [7, 11) is 0. The maximum atomic E-state index is 12.2. The van der Waals surface area contributed by atoms with Crippen LogP contribution >= 0.6 is 0 Å². The third kappa shape index (κ3) is 5.35. The van der Waals surface area contributed by atoms with E-state index in [-0.39, 0.29) is 11.8 Å². The van der Waals surface area contributed by atoms with Crippen LogP contribution in [0.3, 0.4) is 0 Å². The Bertz CT molecular complexity index is 724. The van der Waals surface area contributed by atoms with Gasteiger partial charge in [0.15, 0.2) is 6.10 Å². The highest BCUT2D eigenvalue weighted by molar-refractivity contribution is 5.94. The average molecular weight is 338 g/mol. The number of para-hydroxylation sites is 1. The normalized spacial score (nSPS) is 14.4. The Balaban J connectivity index is 1.49. The molecule has 1 aliphatic rings. The molecular formula is C20H22N2O3. The fourth-order valence-corrected chi connectivity index (χ4v) is 2.40. The maximum Gasteiger partial charge on any atom is 0.265 e. The van der Waals surface area contributed by atoms with Gasteiger partial charge in [0.2, 0.25) is 5.91 Å². The van der Waals surface area contributed by atoms with Crippen LogP contribution in [0, 0.1) is 0 Å². The maximum absolute atomic E-state index is 12.2. The van der Waals surface area contributed by atoms with Crippen molar-refractivity contribution in [2.75, 3.05) is 5.32 Å². The molecule has 3 rings (SSSR count). The molecule has 130 valence electrons. The van der Waals surface area contributed by atoms with E-state index in [1.807, 2.05) is 42.5 Å². The van der Waals surface area contributed by atoms with Crippen molar-refractivity contribution in [1.29, 1.82) is 0 Å². The molecule has 2 amide bonds. The highest BCUT2D eigenvalue weighted by atomic mass is 16.5. The number of carbonyl (C=O) groups is 2. The van der Waals surface area contributed by atoms with Crippen molar-refractivity contribution >= 4 is 17.5 Å². The summed E-state index contributed by atoms with van der Waals surface area (Å²) in [5.41, 5.74) is 1.60. The zero-order valence-electron chi connectivity index (χ0n) is 14.2. The predicted molar refractivity (Wildman–Crippen MR) is 96.5 cm³/mol. The van der Waals surface area contributed by atoms with Crippen LogP contribution in [-0.4, -0.2) is 24.0 Å². The Labute approximate surface area is 147 Å². The van der Waals surface area contributed by atoms with Gasteiger partial charge in [-0.2, -0.15) is 0 Å². The Morgan fingerprint density at radius 1 is 1.08 bits per heavy atom. The van der Waals surface area contributed by atoms with Crippen molar-refractivity contribution < 1.29 is 14.3 Å². The molecule has 0 aliphatic heterocycles. The van der Waals surface area contributed by atoms with Crippen molar-refractivity contribution in [2.45, 2.75) is 38.3 Å². The smallest absolute Gasteiger partial charge is 0.265 e. The molecule has 0 aromatic heterocycles. The average Bonchev–Trinajstić information content (AvgIpc) is 3.41. The molecule has 1 unspecified atom stereocenters. The summed E-state index contributed by atoms with van der Waals surface area (Å²) in [5.74, 6) is 0.481. The fraction of sp³-hybridized carbons (Fsp3) is 0.300. The number of nitrogens with one attached hydrogen (secondary N) is 2. The SMILES string of the molecule is CC(Oc1ccccc1)C(=O)Nc1ccc(CC(=O)NC2CC2)cc1. The van der Waals surface area contributed by atoms with Crippen molar-refractivity contribution in [1.82, 2.24) is 5.32 Å². The lowest BCUT2D eigenvalue weighted by Crippen LogP contribution is -2.30. The van der Waals surface area contributed by atoms with E-state index in [9.17, 15) is 9.59 Å². The molecule has 2 N–H and O–H groups in total. The van der Waals surface area contributed by atoms with Gasteiger partial charge in [0.1, 0.15) is 5.75 Å². The first-order valence-electron chi connectivity index (χ1n) is 8.51. The first kappa shape index (κ1) is 17.0. The third-order valence-corrected chi connectivity index (χ3v) is 3.95. The molecule has 25 heavy (non-hydrogen) atoms. The molecule has 0 spiro atoms. The summed E-state index contributed by atoms with van der Waals surface area (Å²) >= 11 is 0. The number of benzene rings is 2. The summed E-state index contributed by atoms with van der Waals surface area (Å²) < 4.78 is 5.60. The summed E-state index contributed by atoms with van der Waals surface area (Å²) in [5, 5.41) is 5.78. The summed E-state index contributed by atoms with van der Waals surface area (Å²) in [4.78, 5) is 24.0. The number of amides is 2. The second-order valence-corrected chi connectivity index (χ2v) is 6.28. The van der Waals surface area contributed by atoms with Gasteiger partial charge in [-0.15, -0.1) is 0 Å². The van der Waals surface area contributed by atoms with Gasteiger partial charge >= 0.3 is 0 Å². The van der Waals surface area contributed by atoms with Gasteiger partial charge in [-0.3, -0.25) is 9.59 Å². The second-order valence-electron chi connectivity index (χ2n) is 6.28. The Hall–Kier alpha value is -2.82. The second kappa shape index (κ2) is 7.83.